The molecule has 24 heteroatoms. The van der Waals surface area contributed by atoms with Gasteiger partial charge in [-0.25, -0.2) is 3.63 Å². The minimum Gasteiger partial charge on any atom is -0.465 e. The molecule has 2 aromatic rings. The van der Waals surface area contributed by atoms with Crippen LogP contribution in [-0.2, 0) is 18.5 Å². The van der Waals surface area contributed by atoms with E-state index in [9.17, 15) is 83.1 Å². The molecule has 0 saturated carbocycles. The van der Waals surface area contributed by atoms with Gasteiger partial charge in [0.05, 0.1) is 0 Å². The summed E-state index contributed by atoms with van der Waals surface area (Å²) >= 11 is 0. The Morgan fingerprint density at radius 3 is 1.51 bits per heavy atom. The lowest BCUT2D eigenvalue weighted by Gasteiger charge is -2.43. The van der Waals surface area contributed by atoms with Gasteiger partial charge >= 0.3 is 57.1 Å². The number of methoxy groups -OCH3 is 1. The molecular weight excluding hydrogens is 767 g/mol. The van der Waals surface area contributed by atoms with Crippen LogP contribution in [0.5, 0.6) is 5.75 Å². The van der Waals surface area contributed by atoms with Crippen molar-refractivity contribution in [3.05, 3.63) is 36.4 Å². The number of hydrogen-bond donors (Lipinski definition) is 0. The highest BCUT2D eigenvalue weighted by Gasteiger charge is 2.96. The molecule has 1 atom stereocenters. The van der Waals surface area contributed by atoms with Crippen molar-refractivity contribution in [2.45, 2.75) is 77.9 Å². The number of rotatable bonds is 13. The number of alkyl halides is 17. The molecule has 5 nitrogen and oxygen atoms in total. The maximum atomic E-state index is 15.0. The molecule has 0 bridgehead atoms. The second-order valence-corrected chi connectivity index (χ2v) is 15.3. The Morgan fingerprint density at radius 1 is 0.633 bits per heavy atom. The fraction of sp³-hybridized carbons (Fsp3) is 0.600. The predicted octanol–water partition coefficient (Wildman–Crippen LogP) is 9.40. The van der Waals surface area contributed by atoms with E-state index in [1.807, 2.05) is 0 Å². The van der Waals surface area contributed by atoms with Crippen LogP contribution in [0.2, 0.25) is 0 Å². The van der Waals surface area contributed by atoms with Crippen molar-refractivity contribution in [3.63, 3.8) is 0 Å². The highest BCUT2D eigenvalue weighted by atomic mass is 32.3. The summed E-state index contributed by atoms with van der Waals surface area (Å²) in [5.41, 5.74) is 0. The van der Waals surface area contributed by atoms with Gasteiger partial charge in [0, 0.05) is 28.9 Å². The Kier molecular flexibility index (Phi) is 10.3. The summed E-state index contributed by atoms with van der Waals surface area (Å²) in [5, 5.41) is -7.74. The SMILES string of the molecule is COC(C)Oc1ccc(S2(OS(=O)(=O)C(F)(F)C(F)(F)C(F)(F)C(F)(F)C(F)(F)C(F)(F)C(F)(F)C(F)(F)F)CCCC2)c2ccccc12. The average molecular weight is 789 g/mol. The molecule has 0 radical (unpaired) electrons. The monoisotopic (exact) mass is 788 g/mol. The van der Waals surface area contributed by atoms with Crippen LogP contribution in [0.25, 0.3) is 10.8 Å². The summed E-state index contributed by atoms with van der Waals surface area (Å²) in [4.78, 5) is -0.335. The summed E-state index contributed by atoms with van der Waals surface area (Å²) < 4.78 is 274. The lowest BCUT2D eigenvalue weighted by atomic mass is 9.91. The zero-order chi connectivity index (χ0) is 38.1. The molecule has 1 saturated heterocycles. The number of hydrogen-bond acceptors (Lipinski definition) is 5. The van der Waals surface area contributed by atoms with E-state index < -0.39 is 85.2 Å². The molecule has 0 aliphatic carbocycles. The highest BCUT2D eigenvalue weighted by molar-refractivity contribution is 8.33. The highest BCUT2D eigenvalue weighted by Crippen LogP contribution is 2.68. The zero-order valence-corrected chi connectivity index (χ0v) is 25.8. The van der Waals surface area contributed by atoms with Crippen molar-refractivity contribution >= 4 is 31.2 Å². The van der Waals surface area contributed by atoms with Crippen molar-refractivity contribution in [3.8, 4) is 5.75 Å². The van der Waals surface area contributed by atoms with Crippen LogP contribution in [0.15, 0.2) is 41.3 Å². The number of fused-ring (bicyclic) bond motifs is 1. The molecule has 1 unspecified atom stereocenters. The first-order valence-electron chi connectivity index (χ1n) is 13.0. The van der Waals surface area contributed by atoms with Gasteiger partial charge in [-0.1, -0.05) is 34.6 Å². The molecule has 282 valence electrons. The third kappa shape index (κ3) is 5.94. The molecule has 0 aromatic heterocycles. The average Bonchev–Trinajstić information content (AvgIpc) is 3.44. The van der Waals surface area contributed by atoms with Gasteiger partial charge in [-0.3, -0.25) is 0 Å². The van der Waals surface area contributed by atoms with Crippen LogP contribution in [0, 0.1) is 0 Å². The molecule has 1 aliphatic rings. The second kappa shape index (κ2) is 12.3. The molecule has 1 heterocycles. The summed E-state index contributed by atoms with van der Waals surface area (Å²) in [7, 11) is -10.4. The van der Waals surface area contributed by atoms with Gasteiger partial charge in [0.25, 0.3) is 0 Å². The van der Waals surface area contributed by atoms with Crippen molar-refractivity contribution in [1.82, 2.24) is 0 Å². The largest absolute Gasteiger partial charge is 0.465 e. The van der Waals surface area contributed by atoms with Gasteiger partial charge in [-0.2, -0.15) is 83.1 Å². The van der Waals surface area contributed by atoms with Crippen LogP contribution in [0.1, 0.15) is 19.8 Å². The van der Waals surface area contributed by atoms with E-state index >= 15 is 0 Å². The Labute approximate surface area is 266 Å². The third-order valence-electron chi connectivity index (χ3n) is 7.29. The first-order valence-corrected chi connectivity index (χ1v) is 16.3. The van der Waals surface area contributed by atoms with Crippen molar-refractivity contribution in [2.24, 2.45) is 0 Å². The Morgan fingerprint density at radius 2 is 1.06 bits per heavy atom. The maximum absolute atomic E-state index is 15.0. The lowest BCUT2D eigenvalue weighted by molar-refractivity contribution is -0.458. The maximum Gasteiger partial charge on any atom is 0.460 e. The number of benzene rings is 2. The quantitative estimate of drug-likeness (QED) is 0.150. The van der Waals surface area contributed by atoms with E-state index in [2.05, 4.69) is 3.63 Å². The first kappa shape index (κ1) is 41.0. The van der Waals surface area contributed by atoms with E-state index in [1.165, 1.54) is 38.3 Å². The van der Waals surface area contributed by atoms with E-state index in [0.29, 0.717) is 0 Å². The minimum absolute atomic E-state index is 0.0108. The number of halogens is 17. The fourth-order valence-electron chi connectivity index (χ4n) is 4.52. The first-order chi connectivity index (χ1) is 21.8. The van der Waals surface area contributed by atoms with Crippen molar-refractivity contribution in [1.29, 1.82) is 0 Å². The second-order valence-electron chi connectivity index (χ2n) is 10.4. The van der Waals surface area contributed by atoms with Gasteiger partial charge in [0.2, 0.25) is 0 Å². The third-order valence-corrected chi connectivity index (χ3v) is 13.0. The van der Waals surface area contributed by atoms with Crippen molar-refractivity contribution in [2.75, 3.05) is 18.6 Å². The van der Waals surface area contributed by atoms with Gasteiger partial charge in [-0.05, 0) is 37.3 Å². The molecule has 0 spiro atoms. The Bertz CT molecular complexity index is 1640. The minimum atomic E-state index is -8.93. The zero-order valence-electron chi connectivity index (χ0n) is 24.2. The van der Waals surface area contributed by atoms with Crippen LogP contribution < -0.4 is 4.74 Å². The van der Waals surface area contributed by atoms with Gasteiger partial charge in [-0.15, -0.1) is 0 Å². The molecule has 1 fully saturated rings. The van der Waals surface area contributed by atoms with Gasteiger partial charge in [0.15, 0.2) is 6.29 Å². The standard InChI is InChI=1S/C25H21F17O5S2/c1-13(45-2)46-16-9-10-17(15-8-4-3-7-14(15)16)48(11-5-6-12-48)47-49(43,44)25(41,42)23(36,37)21(32,33)19(28,29)18(26,27)20(30,31)22(34,35)24(38,39)40/h3-4,7-10,13H,5-6,11-12H2,1-2H3. The van der Waals surface area contributed by atoms with Crippen LogP contribution in [0.3, 0.4) is 0 Å². The van der Waals surface area contributed by atoms with E-state index in [4.69, 9.17) is 9.47 Å². The van der Waals surface area contributed by atoms with Crippen molar-refractivity contribution < 1.29 is 96.2 Å². The van der Waals surface area contributed by atoms with E-state index in [-0.39, 0.29) is 34.3 Å². The smallest absolute Gasteiger partial charge is 0.460 e. The van der Waals surface area contributed by atoms with Gasteiger partial charge in [0.1, 0.15) is 5.75 Å². The summed E-state index contributed by atoms with van der Waals surface area (Å²) in [6, 6.07) is 7.35. The Balaban J connectivity index is 2.15. The molecular formula is C25H21F17O5S2. The molecule has 2 aromatic carbocycles. The summed E-state index contributed by atoms with van der Waals surface area (Å²) in [5.74, 6) is -53.3. The van der Waals surface area contributed by atoms with Gasteiger partial charge < -0.3 is 9.47 Å². The summed E-state index contributed by atoms with van der Waals surface area (Å²) in [6.45, 7) is 1.42. The fourth-order valence-corrected chi connectivity index (χ4v) is 10.4. The summed E-state index contributed by atoms with van der Waals surface area (Å²) in [6.07, 6.45) is -9.05. The Hall–Kier alpha value is -2.47. The number of ether oxygens (including phenoxy) is 2. The van der Waals surface area contributed by atoms with E-state index in [0.717, 1.165) is 12.1 Å². The molecule has 1 aliphatic heterocycles. The molecule has 3 rings (SSSR count). The topological polar surface area (TPSA) is 61.8 Å². The predicted molar refractivity (Wildman–Crippen MR) is 137 cm³/mol. The molecule has 0 N–H and O–H groups in total. The lowest BCUT2D eigenvalue weighted by Crippen LogP contribution is -2.75. The van der Waals surface area contributed by atoms with Crippen LogP contribution >= 0.6 is 10.3 Å². The van der Waals surface area contributed by atoms with Crippen LogP contribution in [0.4, 0.5) is 74.6 Å². The van der Waals surface area contributed by atoms with Crippen LogP contribution in [-0.4, -0.2) is 80.3 Å². The van der Waals surface area contributed by atoms with E-state index in [1.54, 1.807) is 0 Å². The molecule has 49 heavy (non-hydrogen) atoms. The molecule has 0 amide bonds. The normalized spacial score (nSPS) is 18.8.